The summed E-state index contributed by atoms with van der Waals surface area (Å²) in [6.45, 7) is 2.35. The summed E-state index contributed by atoms with van der Waals surface area (Å²) in [6.07, 6.45) is 0. The van der Waals surface area contributed by atoms with Gasteiger partial charge in [0.15, 0.2) is 0 Å². The van der Waals surface area contributed by atoms with E-state index in [1.165, 1.54) is 25.3 Å². The average molecular weight is 301 g/mol. The van der Waals surface area contributed by atoms with Gasteiger partial charge in [0.1, 0.15) is 11.8 Å². The Labute approximate surface area is 122 Å². The molecule has 0 heterocycles. The number of amides is 2. The molecular weight excluding hydrogens is 284 g/mol. The summed E-state index contributed by atoms with van der Waals surface area (Å²) in [7, 11) is 1.53. The number of nitrogens with one attached hydrogen (secondary N) is 2. The van der Waals surface area contributed by atoms with E-state index in [0.717, 1.165) is 0 Å². The van der Waals surface area contributed by atoms with Gasteiger partial charge in [-0.05, 0) is 25.1 Å². The van der Waals surface area contributed by atoms with Crippen LogP contribution in [0.5, 0.6) is 5.75 Å². The first-order valence-corrected chi connectivity index (χ1v) is 6.39. The number of ether oxygens (including phenoxy) is 1. The molecule has 1 aromatic rings. The fourth-order valence-electron chi connectivity index (χ4n) is 1.42. The zero-order valence-electron chi connectivity index (χ0n) is 11.3. The topological polar surface area (TPSA) is 87.7 Å². The molecule has 2 amide bonds. The Morgan fingerprint density at radius 1 is 1.45 bits per heavy atom. The lowest BCUT2D eigenvalue weighted by Crippen LogP contribution is -2.45. The highest BCUT2D eigenvalue weighted by Gasteiger charge is 2.16. The smallest absolute Gasteiger partial charge is 0.251 e. The van der Waals surface area contributed by atoms with Gasteiger partial charge in [0.05, 0.1) is 11.6 Å². The number of phenols is 1. The Hall–Kier alpha value is -1.79. The Morgan fingerprint density at radius 3 is 2.75 bits per heavy atom. The van der Waals surface area contributed by atoms with Crippen LogP contribution in [0.4, 0.5) is 0 Å². The van der Waals surface area contributed by atoms with Crippen LogP contribution in [0.25, 0.3) is 0 Å². The fraction of sp³-hybridized carbons (Fsp3) is 0.385. The maximum Gasteiger partial charge on any atom is 0.251 e. The molecule has 1 rings (SSSR count). The molecule has 20 heavy (non-hydrogen) atoms. The second-order valence-electron chi connectivity index (χ2n) is 4.15. The van der Waals surface area contributed by atoms with Crippen LogP contribution in [0.2, 0.25) is 5.02 Å². The maximum atomic E-state index is 11.9. The van der Waals surface area contributed by atoms with E-state index >= 15 is 0 Å². The molecule has 0 aliphatic rings. The second kappa shape index (κ2) is 7.72. The minimum atomic E-state index is -0.688. The molecule has 0 radical (unpaired) electrons. The number of methoxy groups -OCH3 is 1. The van der Waals surface area contributed by atoms with Crippen molar-refractivity contribution in [2.45, 2.75) is 13.0 Å². The lowest BCUT2D eigenvalue weighted by molar-refractivity contribution is -0.122. The Bertz CT molecular complexity index is 493. The Balaban J connectivity index is 2.56. The van der Waals surface area contributed by atoms with Crippen LogP contribution in [0, 0.1) is 0 Å². The van der Waals surface area contributed by atoms with Crippen molar-refractivity contribution < 1.29 is 19.4 Å². The van der Waals surface area contributed by atoms with Crippen molar-refractivity contribution in [2.75, 3.05) is 20.3 Å². The highest BCUT2D eigenvalue weighted by atomic mass is 35.5. The molecule has 1 atom stereocenters. The van der Waals surface area contributed by atoms with Gasteiger partial charge >= 0.3 is 0 Å². The summed E-state index contributed by atoms with van der Waals surface area (Å²) in [5.41, 5.74) is 0.268. The van der Waals surface area contributed by atoms with Gasteiger partial charge in [-0.25, -0.2) is 0 Å². The third-order valence-electron chi connectivity index (χ3n) is 2.56. The normalized spacial score (nSPS) is 11.8. The van der Waals surface area contributed by atoms with Crippen LogP contribution < -0.4 is 10.6 Å². The van der Waals surface area contributed by atoms with Crippen molar-refractivity contribution in [1.29, 1.82) is 0 Å². The quantitative estimate of drug-likeness (QED) is 0.682. The van der Waals surface area contributed by atoms with Crippen LogP contribution in [0.1, 0.15) is 17.3 Å². The third kappa shape index (κ3) is 4.71. The van der Waals surface area contributed by atoms with E-state index in [2.05, 4.69) is 10.6 Å². The zero-order valence-corrected chi connectivity index (χ0v) is 12.0. The van der Waals surface area contributed by atoms with Crippen molar-refractivity contribution in [3.63, 3.8) is 0 Å². The molecule has 3 N–H and O–H groups in total. The summed E-state index contributed by atoms with van der Waals surface area (Å²) in [5, 5.41) is 14.5. The lowest BCUT2D eigenvalue weighted by Gasteiger charge is -2.14. The van der Waals surface area contributed by atoms with E-state index in [-0.39, 0.29) is 22.2 Å². The minimum absolute atomic E-state index is 0.0786. The molecule has 1 unspecified atom stereocenters. The third-order valence-corrected chi connectivity index (χ3v) is 2.86. The van der Waals surface area contributed by atoms with E-state index in [9.17, 15) is 14.7 Å². The molecule has 0 aliphatic heterocycles. The van der Waals surface area contributed by atoms with E-state index in [1.807, 2.05) is 0 Å². The molecule has 110 valence electrons. The summed E-state index contributed by atoms with van der Waals surface area (Å²) in [5.74, 6) is -0.852. The van der Waals surface area contributed by atoms with Gasteiger partial charge in [-0.15, -0.1) is 0 Å². The number of halogens is 1. The molecule has 0 aliphatic carbocycles. The number of rotatable bonds is 6. The summed E-state index contributed by atoms with van der Waals surface area (Å²) >= 11 is 5.72. The monoisotopic (exact) mass is 300 g/mol. The van der Waals surface area contributed by atoms with Crippen molar-refractivity contribution in [3.05, 3.63) is 28.8 Å². The van der Waals surface area contributed by atoms with Gasteiger partial charge in [0, 0.05) is 19.2 Å². The maximum absolute atomic E-state index is 11.9. The summed E-state index contributed by atoms with van der Waals surface area (Å²) < 4.78 is 4.81. The summed E-state index contributed by atoms with van der Waals surface area (Å²) in [4.78, 5) is 23.6. The van der Waals surface area contributed by atoms with Gasteiger partial charge in [0.2, 0.25) is 5.91 Å². The molecule has 0 aromatic heterocycles. The first-order valence-electron chi connectivity index (χ1n) is 6.01. The average Bonchev–Trinajstić information content (AvgIpc) is 2.41. The standard InChI is InChI=1S/C13H17ClN2O4/c1-8(12(18)15-5-6-20-2)16-13(19)9-3-4-11(17)10(14)7-9/h3-4,7-8,17H,5-6H2,1-2H3,(H,15,18)(H,16,19). The van der Waals surface area contributed by atoms with E-state index < -0.39 is 11.9 Å². The molecular formula is C13H17ClN2O4. The SMILES string of the molecule is COCCNC(=O)C(C)NC(=O)c1ccc(O)c(Cl)c1. The van der Waals surface area contributed by atoms with Crippen LogP contribution in [0.15, 0.2) is 18.2 Å². The van der Waals surface area contributed by atoms with Crippen molar-refractivity contribution in [2.24, 2.45) is 0 Å². The van der Waals surface area contributed by atoms with Crippen LogP contribution >= 0.6 is 11.6 Å². The number of phenolic OH excluding ortho intramolecular Hbond substituents is 1. The molecule has 0 saturated carbocycles. The predicted molar refractivity (Wildman–Crippen MR) is 74.9 cm³/mol. The predicted octanol–water partition coefficient (Wildman–Crippen LogP) is 0.926. The van der Waals surface area contributed by atoms with E-state index in [1.54, 1.807) is 6.92 Å². The highest BCUT2D eigenvalue weighted by molar-refractivity contribution is 6.32. The van der Waals surface area contributed by atoms with Gasteiger partial charge in [-0.1, -0.05) is 11.6 Å². The summed E-state index contributed by atoms with van der Waals surface area (Å²) in [6, 6.07) is 3.39. The minimum Gasteiger partial charge on any atom is -0.506 e. The highest BCUT2D eigenvalue weighted by Crippen LogP contribution is 2.23. The molecule has 0 spiro atoms. The molecule has 0 saturated heterocycles. The number of hydrogen-bond donors (Lipinski definition) is 3. The molecule has 0 bridgehead atoms. The molecule has 0 fully saturated rings. The molecule has 7 heteroatoms. The van der Waals surface area contributed by atoms with E-state index in [0.29, 0.717) is 13.2 Å². The molecule has 1 aromatic carbocycles. The second-order valence-corrected chi connectivity index (χ2v) is 4.55. The number of benzene rings is 1. The number of carbonyl (C=O) groups excluding carboxylic acids is 2. The largest absolute Gasteiger partial charge is 0.506 e. The number of aromatic hydroxyl groups is 1. The van der Waals surface area contributed by atoms with Gasteiger partial charge < -0.3 is 20.5 Å². The van der Waals surface area contributed by atoms with Gasteiger partial charge in [-0.3, -0.25) is 9.59 Å². The van der Waals surface area contributed by atoms with Crippen molar-refractivity contribution in [3.8, 4) is 5.75 Å². The van der Waals surface area contributed by atoms with Crippen LogP contribution in [-0.4, -0.2) is 43.2 Å². The van der Waals surface area contributed by atoms with Crippen molar-refractivity contribution in [1.82, 2.24) is 10.6 Å². The first-order chi connectivity index (χ1) is 9.45. The van der Waals surface area contributed by atoms with Gasteiger partial charge in [-0.2, -0.15) is 0 Å². The van der Waals surface area contributed by atoms with Crippen LogP contribution in [0.3, 0.4) is 0 Å². The fourth-order valence-corrected chi connectivity index (χ4v) is 1.60. The Morgan fingerprint density at radius 2 is 2.15 bits per heavy atom. The molecule has 6 nitrogen and oxygen atoms in total. The van der Waals surface area contributed by atoms with E-state index in [4.69, 9.17) is 16.3 Å². The van der Waals surface area contributed by atoms with Crippen molar-refractivity contribution >= 4 is 23.4 Å². The number of carbonyl (C=O) groups is 2. The van der Waals surface area contributed by atoms with Gasteiger partial charge in [0.25, 0.3) is 5.91 Å². The number of hydrogen-bond acceptors (Lipinski definition) is 4. The zero-order chi connectivity index (χ0) is 15.1. The van der Waals surface area contributed by atoms with Crippen LogP contribution in [-0.2, 0) is 9.53 Å². The first kappa shape index (κ1) is 16.3. The Kier molecular flexibility index (Phi) is 6.27. The lowest BCUT2D eigenvalue weighted by atomic mass is 10.2.